The number of fused-ring (bicyclic) bond motifs is 1. The standard InChI is InChI=1S/C16H20N2O4S/c1-3-5-9-21-15(19)11-7-8-12(14-13(11)17-23-18-14)16(20)22-10-6-4-2/h7-8H,3-6,9-10H2,1-2H3. The van der Waals surface area contributed by atoms with Crippen LogP contribution in [0.2, 0.25) is 0 Å². The molecule has 0 unspecified atom stereocenters. The predicted molar refractivity (Wildman–Crippen MR) is 87.8 cm³/mol. The highest BCUT2D eigenvalue weighted by Crippen LogP contribution is 2.23. The summed E-state index contributed by atoms with van der Waals surface area (Å²) in [5, 5.41) is 0. The third-order valence-electron chi connectivity index (χ3n) is 3.32. The van der Waals surface area contributed by atoms with Crippen molar-refractivity contribution in [2.45, 2.75) is 39.5 Å². The minimum absolute atomic E-state index is 0.329. The molecule has 0 aliphatic heterocycles. The minimum Gasteiger partial charge on any atom is -0.462 e. The van der Waals surface area contributed by atoms with Crippen LogP contribution in [0.1, 0.15) is 60.2 Å². The molecule has 1 aromatic heterocycles. The van der Waals surface area contributed by atoms with Gasteiger partial charge in [0.1, 0.15) is 11.0 Å². The van der Waals surface area contributed by atoms with Crippen LogP contribution in [-0.2, 0) is 9.47 Å². The first kappa shape index (κ1) is 17.3. The Morgan fingerprint density at radius 1 is 0.913 bits per heavy atom. The van der Waals surface area contributed by atoms with Gasteiger partial charge in [0, 0.05) is 0 Å². The minimum atomic E-state index is -0.443. The van der Waals surface area contributed by atoms with Gasteiger partial charge in [0.05, 0.1) is 36.1 Å². The van der Waals surface area contributed by atoms with E-state index in [-0.39, 0.29) is 0 Å². The smallest absolute Gasteiger partial charge is 0.340 e. The first-order valence-electron chi connectivity index (χ1n) is 7.78. The number of aromatic nitrogens is 2. The molecule has 0 saturated heterocycles. The Bertz CT molecular complexity index is 628. The van der Waals surface area contributed by atoms with Gasteiger partial charge in [-0.15, -0.1) is 0 Å². The van der Waals surface area contributed by atoms with E-state index in [1.165, 1.54) is 0 Å². The zero-order valence-corrected chi connectivity index (χ0v) is 14.1. The summed E-state index contributed by atoms with van der Waals surface area (Å²) in [6.45, 7) is 4.79. The van der Waals surface area contributed by atoms with Gasteiger partial charge >= 0.3 is 11.9 Å². The monoisotopic (exact) mass is 336 g/mol. The molecule has 0 aliphatic rings. The molecule has 0 saturated carbocycles. The third-order valence-corrected chi connectivity index (χ3v) is 3.85. The van der Waals surface area contributed by atoms with Crippen molar-refractivity contribution in [2.24, 2.45) is 0 Å². The van der Waals surface area contributed by atoms with E-state index < -0.39 is 11.9 Å². The lowest BCUT2D eigenvalue weighted by atomic mass is 10.1. The van der Waals surface area contributed by atoms with Gasteiger partial charge in [-0.2, -0.15) is 8.75 Å². The molecule has 1 heterocycles. The zero-order valence-electron chi connectivity index (χ0n) is 13.3. The molecule has 0 atom stereocenters. The zero-order chi connectivity index (χ0) is 16.7. The van der Waals surface area contributed by atoms with E-state index in [2.05, 4.69) is 8.75 Å². The van der Waals surface area contributed by atoms with Gasteiger partial charge in [0.15, 0.2) is 0 Å². The van der Waals surface area contributed by atoms with Crippen LogP contribution < -0.4 is 0 Å². The van der Waals surface area contributed by atoms with Gasteiger partial charge in [0.2, 0.25) is 0 Å². The average molecular weight is 336 g/mol. The fourth-order valence-electron chi connectivity index (χ4n) is 1.97. The summed E-state index contributed by atoms with van der Waals surface area (Å²) in [5.74, 6) is -0.885. The van der Waals surface area contributed by atoms with Crippen LogP contribution in [0.3, 0.4) is 0 Å². The van der Waals surface area contributed by atoms with Crippen molar-refractivity contribution in [2.75, 3.05) is 13.2 Å². The summed E-state index contributed by atoms with van der Waals surface area (Å²) in [5.41, 5.74) is 1.44. The van der Waals surface area contributed by atoms with E-state index in [9.17, 15) is 9.59 Å². The summed E-state index contributed by atoms with van der Waals surface area (Å²) < 4.78 is 18.7. The SMILES string of the molecule is CCCCOC(=O)c1ccc(C(=O)OCCCC)c2nsnc12. The van der Waals surface area contributed by atoms with Crippen LogP contribution >= 0.6 is 11.7 Å². The summed E-state index contributed by atoms with van der Waals surface area (Å²) in [4.78, 5) is 24.2. The molecule has 0 bridgehead atoms. The number of benzene rings is 1. The van der Waals surface area contributed by atoms with Crippen LogP contribution in [0.5, 0.6) is 0 Å². The molecule has 0 fully saturated rings. The number of esters is 2. The van der Waals surface area contributed by atoms with Crippen molar-refractivity contribution in [3.8, 4) is 0 Å². The van der Waals surface area contributed by atoms with Crippen LogP contribution in [0.15, 0.2) is 12.1 Å². The predicted octanol–water partition coefficient (Wildman–Crippen LogP) is 3.61. The Morgan fingerprint density at radius 2 is 1.35 bits per heavy atom. The summed E-state index contributed by atoms with van der Waals surface area (Å²) in [7, 11) is 0. The van der Waals surface area contributed by atoms with E-state index in [0.29, 0.717) is 35.4 Å². The van der Waals surface area contributed by atoms with Gasteiger partial charge in [-0.1, -0.05) is 26.7 Å². The number of carbonyl (C=O) groups is 2. The molecule has 7 heteroatoms. The molecule has 1 aromatic carbocycles. The fraction of sp³-hybridized carbons (Fsp3) is 0.500. The molecule has 0 N–H and O–H groups in total. The third kappa shape index (κ3) is 4.25. The Labute approximate surface area is 139 Å². The number of unbranched alkanes of at least 4 members (excludes halogenated alkanes) is 2. The van der Waals surface area contributed by atoms with E-state index in [4.69, 9.17) is 9.47 Å². The van der Waals surface area contributed by atoms with Crippen molar-refractivity contribution in [3.05, 3.63) is 23.3 Å². The van der Waals surface area contributed by atoms with Gasteiger partial charge in [-0.3, -0.25) is 0 Å². The van der Waals surface area contributed by atoms with Crippen LogP contribution in [0.25, 0.3) is 11.0 Å². The molecule has 0 aliphatic carbocycles. The number of hydrogen-bond acceptors (Lipinski definition) is 7. The molecular weight excluding hydrogens is 316 g/mol. The number of ether oxygens (including phenoxy) is 2. The number of nitrogens with zero attached hydrogens (tertiary/aromatic N) is 2. The maximum Gasteiger partial charge on any atom is 0.340 e. The lowest BCUT2D eigenvalue weighted by Gasteiger charge is -2.07. The summed E-state index contributed by atoms with van der Waals surface area (Å²) in [6, 6.07) is 3.10. The Kier molecular flexibility index (Phi) is 6.46. The molecule has 2 rings (SSSR count). The second-order valence-electron chi connectivity index (χ2n) is 5.10. The second-order valence-corrected chi connectivity index (χ2v) is 5.63. The van der Waals surface area contributed by atoms with Gasteiger partial charge in [-0.05, 0) is 25.0 Å². The Hall–Kier alpha value is -2.02. The van der Waals surface area contributed by atoms with Crippen molar-refractivity contribution >= 4 is 34.7 Å². The van der Waals surface area contributed by atoms with Crippen molar-refractivity contribution in [1.29, 1.82) is 0 Å². The highest BCUT2D eigenvalue weighted by atomic mass is 32.1. The molecule has 6 nitrogen and oxygen atoms in total. The van der Waals surface area contributed by atoms with Crippen molar-refractivity contribution in [3.63, 3.8) is 0 Å². The van der Waals surface area contributed by atoms with E-state index >= 15 is 0 Å². The highest BCUT2D eigenvalue weighted by molar-refractivity contribution is 7.00. The number of carbonyl (C=O) groups excluding carboxylic acids is 2. The summed E-state index contributed by atoms with van der Waals surface area (Å²) in [6.07, 6.45) is 3.52. The van der Waals surface area contributed by atoms with E-state index in [0.717, 1.165) is 37.4 Å². The average Bonchev–Trinajstić information content (AvgIpc) is 3.03. The topological polar surface area (TPSA) is 78.4 Å². The molecule has 0 radical (unpaired) electrons. The van der Waals surface area contributed by atoms with Gasteiger partial charge in [0.25, 0.3) is 0 Å². The normalized spacial score (nSPS) is 10.7. The maximum absolute atomic E-state index is 12.1. The van der Waals surface area contributed by atoms with Crippen LogP contribution in [-0.4, -0.2) is 33.9 Å². The first-order valence-corrected chi connectivity index (χ1v) is 8.51. The largest absolute Gasteiger partial charge is 0.462 e. The second kappa shape index (κ2) is 8.57. The lowest BCUT2D eigenvalue weighted by molar-refractivity contribution is 0.0488. The maximum atomic E-state index is 12.1. The Morgan fingerprint density at radius 3 is 1.74 bits per heavy atom. The molecule has 0 spiro atoms. The van der Waals surface area contributed by atoms with Crippen molar-refractivity contribution < 1.29 is 19.1 Å². The van der Waals surface area contributed by atoms with Crippen molar-refractivity contribution in [1.82, 2.24) is 8.75 Å². The molecule has 0 amide bonds. The fourth-order valence-corrected chi connectivity index (χ4v) is 2.54. The first-order chi connectivity index (χ1) is 11.2. The lowest BCUT2D eigenvalue weighted by Crippen LogP contribution is -2.10. The van der Waals surface area contributed by atoms with E-state index in [1.807, 2.05) is 13.8 Å². The van der Waals surface area contributed by atoms with E-state index in [1.54, 1.807) is 12.1 Å². The van der Waals surface area contributed by atoms with Gasteiger partial charge < -0.3 is 9.47 Å². The number of hydrogen-bond donors (Lipinski definition) is 0. The number of rotatable bonds is 8. The van der Waals surface area contributed by atoms with Crippen LogP contribution in [0, 0.1) is 0 Å². The van der Waals surface area contributed by atoms with Gasteiger partial charge in [-0.25, -0.2) is 9.59 Å². The quantitative estimate of drug-likeness (QED) is 0.541. The Balaban J connectivity index is 2.20. The van der Waals surface area contributed by atoms with Crippen LogP contribution in [0.4, 0.5) is 0 Å². The molecule has 2 aromatic rings. The molecular formula is C16H20N2O4S. The molecule has 124 valence electrons. The molecule has 23 heavy (non-hydrogen) atoms. The highest BCUT2D eigenvalue weighted by Gasteiger charge is 2.21. The summed E-state index contributed by atoms with van der Waals surface area (Å²) >= 11 is 0.957.